The van der Waals surface area contributed by atoms with Gasteiger partial charge in [0.25, 0.3) is 0 Å². The maximum absolute atomic E-state index is 10.3. The van der Waals surface area contributed by atoms with Crippen LogP contribution in [0.5, 0.6) is 0 Å². The third-order valence-corrected chi connectivity index (χ3v) is 1.52. The maximum Gasteiger partial charge on any atom is 0.215 e. The van der Waals surface area contributed by atoms with Crippen LogP contribution in [0.2, 0.25) is 0 Å². The van der Waals surface area contributed by atoms with Gasteiger partial charge >= 0.3 is 0 Å². The molecule has 1 aliphatic rings. The molecule has 66 valence electrons. The summed E-state index contributed by atoms with van der Waals surface area (Å²) in [6.45, 7) is 0. The van der Waals surface area contributed by atoms with Crippen molar-refractivity contribution in [2.24, 2.45) is 5.10 Å². The molecule has 0 radical (unpaired) electrons. The van der Waals surface area contributed by atoms with E-state index in [9.17, 15) is 4.79 Å². The third kappa shape index (κ3) is 2.02. The summed E-state index contributed by atoms with van der Waals surface area (Å²) in [5, 5.41) is 4.04. The Labute approximate surface area is 79.3 Å². The van der Waals surface area contributed by atoms with E-state index in [0.29, 0.717) is 17.4 Å². The molecule has 1 heterocycles. The molecule has 0 aromatic carbocycles. The van der Waals surface area contributed by atoms with Gasteiger partial charge in [0.2, 0.25) is 6.41 Å². The molecule has 0 aromatic rings. The fourth-order valence-electron chi connectivity index (χ4n) is 0.604. The van der Waals surface area contributed by atoms with Crippen LogP contribution in [-0.2, 0) is 4.79 Å². The minimum Gasteiger partial charge on any atom is -0.301 e. The van der Waals surface area contributed by atoms with Crippen LogP contribution in [0.3, 0.4) is 0 Å². The standard InChI is InChI=1S/C5H6Cl2N4O/c1-10(3-12)5-2-4(6)8-11(7)9-5/h2-3,8H,1H3. The molecular weight excluding hydrogens is 203 g/mol. The van der Waals surface area contributed by atoms with Gasteiger partial charge in [0.15, 0.2) is 5.84 Å². The number of nitrogens with zero attached hydrogens (tertiary/aromatic N) is 3. The van der Waals surface area contributed by atoms with Crippen molar-refractivity contribution in [1.29, 1.82) is 0 Å². The highest BCUT2D eigenvalue weighted by Gasteiger charge is 2.11. The summed E-state index contributed by atoms with van der Waals surface area (Å²) in [4.78, 5) is 11.6. The van der Waals surface area contributed by atoms with E-state index in [1.165, 1.54) is 11.0 Å². The van der Waals surface area contributed by atoms with Gasteiger partial charge in [0.1, 0.15) is 5.16 Å². The molecule has 0 atom stereocenters. The zero-order valence-electron chi connectivity index (χ0n) is 6.16. The predicted octanol–water partition coefficient (Wildman–Crippen LogP) is 0.442. The summed E-state index contributed by atoms with van der Waals surface area (Å²) in [5.74, 6) is 0.365. The minimum absolute atomic E-state index is 0.295. The molecule has 0 aliphatic carbocycles. The van der Waals surface area contributed by atoms with Crippen LogP contribution in [0, 0.1) is 0 Å². The number of hydrazine groups is 1. The summed E-state index contributed by atoms with van der Waals surface area (Å²) in [6, 6.07) is 0. The van der Waals surface area contributed by atoms with E-state index in [2.05, 4.69) is 10.5 Å². The lowest BCUT2D eigenvalue weighted by atomic mass is 10.5. The molecule has 1 amide bonds. The van der Waals surface area contributed by atoms with Crippen molar-refractivity contribution in [2.45, 2.75) is 0 Å². The number of halogens is 2. The number of hydrogen-bond acceptors (Lipinski definition) is 4. The molecule has 1 aliphatic heterocycles. The van der Waals surface area contributed by atoms with E-state index in [4.69, 9.17) is 23.4 Å². The molecule has 0 saturated heterocycles. The molecule has 5 nitrogen and oxygen atoms in total. The number of rotatable bonds is 1. The highest BCUT2D eigenvalue weighted by molar-refractivity contribution is 6.31. The molecule has 0 bridgehead atoms. The number of amides is 1. The highest BCUT2D eigenvalue weighted by atomic mass is 35.5. The zero-order valence-corrected chi connectivity index (χ0v) is 7.67. The van der Waals surface area contributed by atoms with E-state index in [1.807, 2.05) is 0 Å². The van der Waals surface area contributed by atoms with Crippen LogP contribution in [0.15, 0.2) is 16.3 Å². The fourth-order valence-corrected chi connectivity index (χ4v) is 0.993. The van der Waals surface area contributed by atoms with E-state index in [1.54, 1.807) is 7.05 Å². The largest absolute Gasteiger partial charge is 0.301 e. The Morgan fingerprint density at radius 1 is 1.83 bits per heavy atom. The first-order valence-electron chi connectivity index (χ1n) is 3.00. The zero-order chi connectivity index (χ0) is 9.14. The van der Waals surface area contributed by atoms with Gasteiger partial charge in [0, 0.05) is 13.1 Å². The van der Waals surface area contributed by atoms with Crippen molar-refractivity contribution in [3.63, 3.8) is 0 Å². The number of nitrogens with one attached hydrogen (secondary N) is 1. The summed E-state index contributed by atoms with van der Waals surface area (Å²) in [5.41, 5.74) is 2.48. The Hall–Kier alpha value is -0.940. The van der Waals surface area contributed by atoms with Gasteiger partial charge in [-0.25, -0.2) is 0 Å². The van der Waals surface area contributed by atoms with E-state index >= 15 is 0 Å². The van der Waals surface area contributed by atoms with Crippen molar-refractivity contribution in [3.8, 4) is 0 Å². The third-order valence-electron chi connectivity index (χ3n) is 1.16. The lowest BCUT2D eigenvalue weighted by Gasteiger charge is -2.20. The lowest BCUT2D eigenvalue weighted by Crippen LogP contribution is -2.34. The first-order valence-corrected chi connectivity index (χ1v) is 3.71. The summed E-state index contributed by atoms with van der Waals surface area (Å²) in [6.07, 6.45) is 2.09. The number of likely N-dealkylation sites (N-methyl/N-ethyl adjacent to an activating group) is 1. The van der Waals surface area contributed by atoms with Crippen molar-refractivity contribution in [2.75, 3.05) is 7.05 Å². The van der Waals surface area contributed by atoms with Crippen LogP contribution < -0.4 is 5.43 Å². The van der Waals surface area contributed by atoms with Crippen molar-refractivity contribution in [1.82, 2.24) is 15.0 Å². The van der Waals surface area contributed by atoms with E-state index in [-0.39, 0.29) is 0 Å². The van der Waals surface area contributed by atoms with Gasteiger partial charge in [-0.3, -0.25) is 10.2 Å². The van der Waals surface area contributed by atoms with Gasteiger partial charge in [-0.15, -0.1) is 9.74 Å². The van der Waals surface area contributed by atoms with Gasteiger partial charge in [-0.05, 0) is 0 Å². The first kappa shape index (κ1) is 9.15. The van der Waals surface area contributed by atoms with Crippen LogP contribution in [0.1, 0.15) is 0 Å². The van der Waals surface area contributed by atoms with Crippen molar-refractivity contribution >= 4 is 35.6 Å². The summed E-state index contributed by atoms with van der Waals surface area (Å²) < 4.78 is 0.900. The van der Waals surface area contributed by atoms with Gasteiger partial charge in [-0.1, -0.05) is 11.6 Å². The molecule has 1 rings (SSSR count). The SMILES string of the molecule is CN(C=O)C1=NN(Cl)NC(Cl)=C1. The summed E-state index contributed by atoms with van der Waals surface area (Å²) >= 11 is 11.1. The lowest BCUT2D eigenvalue weighted by molar-refractivity contribution is -0.114. The average Bonchev–Trinajstić information content (AvgIpc) is 2.01. The van der Waals surface area contributed by atoms with Gasteiger partial charge < -0.3 is 4.90 Å². The number of hydrogen-bond donors (Lipinski definition) is 1. The number of amidine groups is 1. The maximum atomic E-state index is 10.3. The molecule has 0 aromatic heterocycles. The van der Waals surface area contributed by atoms with Crippen molar-refractivity contribution in [3.05, 3.63) is 11.2 Å². The molecule has 0 saturated carbocycles. The first-order chi connectivity index (χ1) is 5.63. The average molecular weight is 209 g/mol. The minimum atomic E-state index is 0.295. The molecular formula is C5H6Cl2N4O. The second kappa shape index (κ2) is 3.64. The van der Waals surface area contributed by atoms with E-state index < -0.39 is 0 Å². The molecule has 0 unspecified atom stereocenters. The molecule has 0 fully saturated rings. The Morgan fingerprint density at radius 2 is 2.50 bits per heavy atom. The van der Waals surface area contributed by atoms with Crippen LogP contribution in [-0.4, -0.2) is 28.8 Å². The topological polar surface area (TPSA) is 47.9 Å². The second-order valence-corrected chi connectivity index (χ2v) is 2.77. The fraction of sp³-hybridized carbons (Fsp3) is 0.200. The molecule has 1 N–H and O–H groups in total. The highest BCUT2D eigenvalue weighted by Crippen LogP contribution is 2.08. The monoisotopic (exact) mass is 208 g/mol. The van der Waals surface area contributed by atoms with Crippen LogP contribution in [0.4, 0.5) is 0 Å². The number of carbonyl (C=O) groups excluding carboxylic acids is 1. The quantitative estimate of drug-likeness (QED) is 0.387. The predicted molar refractivity (Wildman–Crippen MR) is 46.0 cm³/mol. The second-order valence-electron chi connectivity index (χ2n) is 2.04. The molecule has 0 spiro atoms. The Balaban J connectivity index is 2.82. The molecule has 12 heavy (non-hydrogen) atoms. The summed E-state index contributed by atoms with van der Waals surface area (Å²) in [7, 11) is 1.54. The normalized spacial score (nSPS) is 16.1. The molecule has 7 heteroatoms. The number of carbonyl (C=O) groups is 1. The van der Waals surface area contributed by atoms with Gasteiger partial charge in [-0.2, -0.15) is 0 Å². The van der Waals surface area contributed by atoms with E-state index in [0.717, 1.165) is 4.64 Å². The van der Waals surface area contributed by atoms with Crippen LogP contribution in [0.25, 0.3) is 0 Å². The smallest absolute Gasteiger partial charge is 0.215 e. The van der Waals surface area contributed by atoms with Crippen molar-refractivity contribution < 1.29 is 4.79 Å². The Morgan fingerprint density at radius 3 is 3.00 bits per heavy atom. The van der Waals surface area contributed by atoms with Crippen LogP contribution >= 0.6 is 23.4 Å². The number of hydrazone groups is 1. The Bertz CT molecular complexity index is 252. The van der Waals surface area contributed by atoms with Gasteiger partial charge in [0.05, 0.1) is 11.8 Å². The Kier molecular flexibility index (Phi) is 2.78.